The molecule has 3 nitrogen and oxygen atoms in total. The van der Waals surface area contributed by atoms with Crippen LogP contribution in [0.5, 0.6) is 0 Å². The van der Waals surface area contributed by atoms with Crippen LogP contribution in [0, 0.1) is 5.82 Å². The summed E-state index contributed by atoms with van der Waals surface area (Å²) in [7, 11) is 1.78. The maximum Gasteiger partial charge on any atom is 0.256 e. The van der Waals surface area contributed by atoms with Gasteiger partial charge in [-0.1, -0.05) is 19.9 Å². The number of amides is 1. The van der Waals surface area contributed by atoms with Gasteiger partial charge in [-0.2, -0.15) is 0 Å². The first-order valence-electron chi connectivity index (χ1n) is 6.86. The molecule has 1 aromatic rings. The van der Waals surface area contributed by atoms with Gasteiger partial charge >= 0.3 is 0 Å². The normalized spacial score (nSPS) is 10.6. The highest BCUT2D eigenvalue weighted by Crippen LogP contribution is 2.22. The summed E-state index contributed by atoms with van der Waals surface area (Å²) in [5.41, 5.74) is 0.698. The predicted molar refractivity (Wildman–Crippen MR) is 77.0 cm³/mol. The fourth-order valence-electron chi connectivity index (χ4n) is 2.25. The molecule has 19 heavy (non-hydrogen) atoms. The summed E-state index contributed by atoms with van der Waals surface area (Å²) in [5, 5.41) is 2.93. The SMILES string of the molecule is CCNc1c(F)cccc1C(=O)N(C)C(CC)CC. The molecule has 0 fully saturated rings. The topological polar surface area (TPSA) is 32.3 Å². The van der Waals surface area contributed by atoms with Crippen molar-refractivity contribution in [1.82, 2.24) is 4.90 Å². The highest BCUT2D eigenvalue weighted by molar-refractivity contribution is 5.99. The summed E-state index contributed by atoms with van der Waals surface area (Å²) < 4.78 is 13.8. The lowest BCUT2D eigenvalue weighted by Gasteiger charge is -2.27. The van der Waals surface area contributed by atoms with Gasteiger partial charge in [-0.3, -0.25) is 4.79 Å². The molecule has 0 saturated heterocycles. The molecule has 0 unspecified atom stereocenters. The van der Waals surface area contributed by atoms with Crippen molar-refractivity contribution in [3.63, 3.8) is 0 Å². The fraction of sp³-hybridized carbons (Fsp3) is 0.533. The number of rotatable bonds is 6. The molecule has 0 saturated carbocycles. The van der Waals surface area contributed by atoms with Crippen LogP contribution in [0.4, 0.5) is 10.1 Å². The molecule has 0 aliphatic heterocycles. The molecule has 1 rings (SSSR count). The lowest BCUT2D eigenvalue weighted by atomic mass is 10.1. The Balaban J connectivity index is 3.08. The number of para-hydroxylation sites is 1. The maximum atomic E-state index is 13.8. The fourth-order valence-corrected chi connectivity index (χ4v) is 2.25. The quantitative estimate of drug-likeness (QED) is 0.854. The molecular weight excluding hydrogens is 243 g/mol. The summed E-state index contributed by atoms with van der Waals surface area (Å²) in [6, 6.07) is 4.79. The standard InChI is InChI=1S/C15H23FN2O/c1-5-11(6-2)18(4)15(19)12-9-8-10-13(16)14(12)17-7-3/h8-11,17H,5-7H2,1-4H3. The minimum absolute atomic E-state index is 0.135. The molecule has 106 valence electrons. The maximum absolute atomic E-state index is 13.8. The Morgan fingerprint density at radius 1 is 1.32 bits per heavy atom. The second-order valence-corrected chi connectivity index (χ2v) is 4.58. The van der Waals surface area contributed by atoms with Crippen LogP contribution < -0.4 is 5.32 Å². The van der Waals surface area contributed by atoms with Crippen molar-refractivity contribution in [2.24, 2.45) is 0 Å². The molecule has 1 aromatic carbocycles. The number of carbonyl (C=O) groups excluding carboxylic acids is 1. The number of anilines is 1. The van der Waals surface area contributed by atoms with E-state index in [1.165, 1.54) is 6.07 Å². The van der Waals surface area contributed by atoms with Crippen molar-refractivity contribution in [3.05, 3.63) is 29.6 Å². The first-order chi connectivity index (χ1) is 9.06. The van der Waals surface area contributed by atoms with Crippen molar-refractivity contribution in [2.45, 2.75) is 39.7 Å². The number of hydrogen-bond donors (Lipinski definition) is 1. The number of benzene rings is 1. The van der Waals surface area contributed by atoms with Crippen molar-refractivity contribution < 1.29 is 9.18 Å². The molecule has 0 aliphatic carbocycles. The molecule has 0 radical (unpaired) electrons. The molecule has 1 N–H and O–H groups in total. The number of hydrogen-bond acceptors (Lipinski definition) is 2. The summed E-state index contributed by atoms with van der Waals surface area (Å²) >= 11 is 0. The molecule has 0 heterocycles. The molecule has 0 spiro atoms. The number of nitrogens with one attached hydrogen (secondary N) is 1. The van der Waals surface area contributed by atoms with E-state index >= 15 is 0 Å². The van der Waals surface area contributed by atoms with Gasteiger partial charge in [0.25, 0.3) is 5.91 Å². The van der Waals surface area contributed by atoms with Gasteiger partial charge in [-0.05, 0) is 31.9 Å². The van der Waals surface area contributed by atoms with Crippen LogP contribution in [0.25, 0.3) is 0 Å². The zero-order valence-corrected chi connectivity index (χ0v) is 12.2. The monoisotopic (exact) mass is 266 g/mol. The van der Waals surface area contributed by atoms with Crippen molar-refractivity contribution in [1.29, 1.82) is 0 Å². The van der Waals surface area contributed by atoms with E-state index in [1.54, 1.807) is 24.1 Å². The lowest BCUT2D eigenvalue weighted by Crippen LogP contribution is -2.36. The van der Waals surface area contributed by atoms with E-state index in [0.717, 1.165) is 12.8 Å². The predicted octanol–water partition coefficient (Wildman–Crippen LogP) is 3.52. The van der Waals surface area contributed by atoms with E-state index < -0.39 is 0 Å². The van der Waals surface area contributed by atoms with E-state index in [1.807, 2.05) is 6.92 Å². The third-order valence-corrected chi connectivity index (χ3v) is 3.41. The molecule has 0 aliphatic rings. The smallest absolute Gasteiger partial charge is 0.256 e. The van der Waals surface area contributed by atoms with Gasteiger partial charge in [0.05, 0.1) is 11.3 Å². The molecule has 1 amide bonds. The summed E-state index contributed by atoms with van der Waals surface area (Å²) in [6.07, 6.45) is 1.79. The van der Waals surface area contributed by atoms with Gasteiger partial charge < -0.3 is 10.2 Å². The molecule has 0 atom stereocenters. The minimum Gasteiger partial charge on any atom is -0.382 e. The van der Waals surface area contributed by atoms with Crippen LogP contribution in [0.3, 0.4) is 0 Å². The Labute approximate surface area is 114 Å². The summed E-state index contributed by atoms with van der Waals surface area (Å²) in [6.45, 7) is 6.56. The van der Waals surface area contributed by atoms with Crippen LogP contribution in [-0.2, 0) is 0 Å². The zero-order valence-electron chi connectivity index (χ0n) is 12.2. The first-order valence-corrected chi connectivity index (χ1v) is 6.86. The Morgan fingerprint density at radius 3 is 2.47 bits per heavy atom. The lowest BCUT2D eigenvalue weighted by molar-refractivity contribution is 0.0724. The largest absolute Gasteiger partial charge is 0.382 e. The van der Waals surface area contributed by atoms with Gasteiger partial charge in [0.1, 0.15) is 5.82 Å². The van der Waals surface area contributed by atoms with Crippen LogP contribution in [-0.4, -0.2) is 30.4 Å². The van der Waals surface area contributed by atoms with Gasteiger partial charge in [0.15, 0.2) is 0 Å². The molecule has 4 heteroatoms. The minimum atomic E-state index is -0.384. The average Bonchev–Trinajstić information content (AvgIpc) is 2.41. The van der Waals surface area contributed by atoms with Gasteiger partial charge in [-0.25, -0.2) is 4.39 Å². The third-order valence-electron chi connectivity index (χ3n) is 3.41. The highest BCUT2D eigenvalue weighted by Gasteiger charge is 2.22. The van der Waals surface area contributed by atoms with Crippen LogP contribution in [0.15, 0.2) is 18.2 Å². The van der Waals surface area contributed by atoms with E-state index in [2.05, 4.69) is 19.2 Å². The molecular formula is C15H23FN2O. The van der Waals surface area contributed by atoms with Gasteiger partial charge in [0.2, 0.25) is 0 Å². The van der Waals surface area contributed by atoms with Crippen molar-refractivity contribution in [2.75, 3.05) is 18.9 Å². The third kappa shape index (κ3) is 3.46. The second-order valence-electron chi connectivity index (χ2n) is 4.58. The van der Waals surface area contributed by atoms with E-state index in [9.17, 15) is 9.18 Å². The van der Waals surface area contributed by atoms with E-state index in [-0.39, 0.29) is 17.8 Å². The van der Waals surface area contributed by atoms with Gasteiger partial charge in [0, 0.05) is 19.6 Å². The molecule has 0 bridgehead atoms. The van der Waals surface area contributed by atoms with Crippen LogP contribution in [0.2, 0.25) is 0 Å². The second kappa shape index (κ2) is 7.12. The Hall–Kier alpha value is -1.58. The van der Waals surface area contributed by atoms with Crippen LogP contribution in [0.1, 0.15) is 44.0 Å². The first kappa shape index (κ1) is 15.5. The van der Waals surface area contributed by atoms with E-state index in [4.69, 9.17) is 0 Å². The zero-order chi connectivity index (χ0) is 14.4. The van der Waals surface area contributed by atoms with Crippen molar-refractivity contribution >= 4 is 11.6 Å². The Kier molecular flexibility index (Phi) is 5.80. The average molecular weight is 266 g/mol. The van der Waals surface area contributed by atoms with Crippen LogP contribution >= 0.6 is 0 Å². The van der Waals surface area contributed by atoms with Gasteiger partial charge in [-0.15, -0.1) is 0 Å². The summed E-state index contributed by atoms with van der Waals surface area (Å²) in [4.78, 5) is 14.2. The Morgan fingerprint density at radius 2 is 1.95 bits per heavy atom. The van der Waals surface area contributed by atoms with Crippen molar-refractivity contribution in [3.8, 4) is 0 Å². The Bertz CT molecular complexity index is 430. The number of halogens is 1. The number of carbonyl (C=O) groups is 1. The summed E-state index contributed by atoms with van der Waals surface area (Å²) in [5.74, 6) is -0.519. The van der Waals surface area contributed by atoms with E-state index in [0.29, 0.717) is 17.8 Å². The number of nitrogens with zero attached hydrogens (tertiary/aromatic N) is 1. The molecule has 0 aromatic heterocycles. The highest BCUT2D eigenvalue weighted by atomic mass is 19.1.